The van der Waals surface area contributed by atoms with Crippen LogP contribution in [0, 0.1) is 11.3 Å². The minimum atomic E-state index is -0.309. The first-order valence-electron chi connectivity index (χ1n) is 12.3. The molecule has 1 N–H and O–H groups in total. The maximum atomic E-state index is 13.1. The number of rotatable bonds is 5. The Kier molecular flexibility index (Phi) is 5.25. The number of pyridine rings is 2. The Balaban J connectivity index is 1.07. The molecule has 0 aromatic carbocycles. The van der Waals surface area contributed by atoms with Gasteiger partial charge in [0.05, 0.1) is 16.9 Å². The molecule has 0 unspecified atom stereocenters. The van der Waals surface area contributed by atoms with Crippen molar-refractivity contribution in [1.29, 1.82) is 0 Å². The number of nitrogens with zero attached hydrogens (tertiary/aromatic N) is 6. The van der Waals surface area contributed by atoms with Crippen molar-refractivity contribution >= 4 is 46.4 Å². The van der Waals surface area contributed by atoms with Crippen molar-refractivity contribution in [2.75, 3.05) is 18.0 Å². The number of aromatic amines is 1. The predicted molar refractivity (Wildman–Crippen MR) is 138 cm³/mol. The monoisotopic (exact) mass is 517 g/mol. The Morgan fingerprint density at radius 1 is 1.11 bits per heavy atom. The van der Waals surface area contributed by atoms with Crippen LogP contribution < -0.4 is 4.90 Å². The van der Waals surface area contributed by atoms with Gasteiger partial charge in [0.25, 0.3) is 0 Å². The minimum absolute atomic E-state index is 0.268. The summed E-state index contributed by atoms with van der Waals surface area (Å²) in [7, 11) is 0. The zero-order valence-corrected chi connectivity index (χ0v) is 21.1. The Morgan fingerprint density at radius 2 is 1.97 bits per heavy atom. The predicted octanol–water partition coefficient (Wildman–Crippen LogP) is 4.93. The normalized spacial score (nSPS) is 18.8. The number of H-pyrrole nitrogens is 1. The highest BCUT2D eigenvalue weighted by Crippen LogP contribution is 2.45. The molecule has 1 spiro atoms. The van der Waals surface area contributed by atoms with E-state index in [0.29, 0.717) is 16.3 Å². The maximum Gasteiger partial charge on any atom is 0.206 e. The molecule has 0 amide bonds. The molecule has 2 fully saturated rings. The lowest BCUT2D eigenvalue weighted by Gasteiger charge is -2.37. The van der Waals surface area contributed by atoms with Crippen molar-refractivity contribution < 1.29 is 4.79 Å². The molecule has 10 heteroatoms. The third kappa shape index (κ3) is 3.85. The van der Waals surface area contributed by atoms with E-state index >= 15 is 0 Å². The van der Waals surface area contributed by atoms with Crippen LogP contribution in [-0.2, 0) is 12.8 Å². The Morgan fingerprint density at radius 3 is 2.78 bits per heavy atom. The van der Waals surface area contributed by atoms with Crippen LogP contribution in [0.25, 0.3) is 11.3 Å². The number of hydrogen-bond acceptors (Lipinski definition) is 8. The topological polar surface area (TPSA) is 101 Å². The van der Waals surface area contributed by atoms with Crippen LogP contribution in [0.5, 0.6) is 0 Å². The van der Waals surface area contributed by atoms with Crippen molar-refractivity contribution in [3.05, 3.63) is 58.8 Å². The van der Waals surface area contributed by atoms with E-state index in [9.17, 15) is 4.79 Å². The first kappa shape index (κ1) is 22.2. The molecule has 4 aromatic rings. The fourth-order valence-corrected chi connectivity index (χ4v) is 6.54. The summed E-state index contributed by atoms with van der Waals surface area (Å²) in [5.74, 6) is 1.74. The van der Waals surface area contributed by atoms with E-state index < -0.39 is 0 Å². The maximum absolute atomic E-state index is 13.1. The van der Waals surface area contributed by atoms with Crippen LogP contribution in [0.1, 0.15) is 47.3 Å². The molecule has 4 aromatic heterocycles. The van der Waals surface area contributed by atoms with E-state index in [4.69, 9.17) is 16.6 Å². The number of imidazole rings is 1. The van der Waals surface area contributed by atoms with Crippen molar-refractivity contribution in [2.24, 2.45) is 11.3 Å². The standard InChI is InChI=1S/C26H24ClN7OS/c27-21-18(11-15-1-2-15)29-8-4-19(21)36-20-14-30-23-24(31-20)33-25(32-23)34-9-5-26(6-10-34)12-16-13-28-7-3-17(16)22(26)35/h3-4,7-8,13-15H,1-2,5-6,9-12H2,(H,30,31,32,33). The van der Waals surface area contributed by atoms with Crippen LogP contribution in [0.3, 0.4) is 0 Å². The third-order valence-corrected chi connectivity index (χ3v) is 9.17. The van der Waals surface area contributed by atoms with Gasteiger partial charge in [0.15, 0.2) is 17.1 Å². The number of carbonyl (C=O) groups excluding carboxylic acids is 1. The molecule has 8 nitrogen and oxygen atoms in total. The van der Waals surface area contributed by atoms with E-state index in [1.165, 1.54) is 24.6 Å². The smallest absolute Gasteiger partial charge is 0.206 e. The Labute approximate surface area is 217 Å². The molecule has 7 rings (SSSR count). The largest absolute Gasteiger partial charge is 0.342 e. The number of Topliss-reactive ketones (excluding diaryl/α,β-unsaturated/α-hetero) is 1. The Bertz CT molecular complexity index is 1490. The zero-order valence-electron chi connectivity index (χ0n) is 19.6. The number of halogens is 1. The van der Waals surface area contributed by atoms with Crippen LogP contribution in [-0.4, -0.2) is 48.8 Å². The summed E-state index contributed by atoms with van der Waals surface area (Å²) >= 11 is 8.15. The quantitative estimate of drug-likeness (QED) is 0.398. The van der Waals surface area contributed by atoms with Crippen LogP contribution >= 0.6 is 23.4 Å². The highest BCUT2D eigenvalue weighted by molar-refractivity contribution is 7.99. The lowest BCUT2D eigenvalue weighted by Crippen LogP contribution is -2.43. The molecule has 5 heterocycles. The van der Waals surface area contributed by atoms with Crippen LogP contribution in [0.15, 0.2) is 46.8 Å². The van der Waals surface area contributed by atoms with Crippen LogP contribution in [0.2, 0.25) is 5.02 Å². The second-order valence-corrected chi connectivity index (χ2v) is 11.5. The molecule has 1 aliphatic heterocycles. The summed E-state index contributed by atoms with van der Waals surface area (Å²) in [6.07, 6.45) is 12.9. The number of ketones is 1. The number of hydrogen-bond donors (Lipinski definition) is 1. The molecule has 0 radical (unpaired) electrons. The van der Waals surface area contributed by atoms with Gasteiger partial charge >= 0.3 is 0 Å². The summed E-state index contributed by atoms with van der Waals surface area (Å²) in [4.78, 5) is 42.3. The van der Waals surface area contributed by atoms with E-state index in [0.717, 1.165) is 77.4 Å². The molecule has 0 atom stereocenters. The first-order chi connectivity index (χ1) is 17.6. The lowest BCUT2D eigenvalue weighted by atomic mass is 9.75. The number of aromatic nitrogens is 6. The van der Waals surface area contributed by atoms with E-state index in [-0.39, 0.29) is 11.2 Å². The molecule has 2 aliphatic carbocycles. The first-order valence-corrected chi connectivity index (χ1v) is 13.5. The van der Waals surface area contributed by atoms with Gasteiger partial charge in [-0.25, -0.2) is 9.97 Å². The number of anilines is 1. The van der Waals surface area contributed by atoms with Crippen LogP contribution in [0.4, 0.5) is 5.95 Å². The summed E-state index contributed by atoms with van der Waals surface area (Å²) in [5.41, 5.74) is 3.80. The van der Waals surface area contributed by atoms with E-state index in [1.807, 2.05) is 24.5 Å². The highest BCUT2D eigenvalue weighted by Gasteiger charge is 2.47. The fraction of sp³-hybridized carbons (Fsp3) is 0.385. The van der Waals surface area contributed by atoms with E-state index in [1.54, 1.807) is 12.4 Å². The zero-order chi connectivity index (χ0) is 24.3. The van der Waals surface area contributed by atoms with Gasteiger partial charge in [-0.15, -0.1) is 0 Å². The average Bonchev–Trinajstić information content (AvgIpc) is 3.55. The summed E-state index contributed by atoms with van der Waals surface area (Å²) in [6, 6.07) is 3.79. The molecule has 36 heavy (non-hydrogen) atoms. The SMILES string of the molecule is O=C1c2ccncc2CC12CCN(c1nc3ncc(Sc4ccnc(CC5CC5)c4Cl)nc3[nH]1)CC2. The number of carbonyl (C=O) groups is 1. The molecule has 1 saturated carbocycles. The van der Waals surface area contributed by atoms with Gasteiger partial charge in [0.1, 0.15) is 5.03 Å². The third-order valence-electron chi connectivity index (χ3n) is 7.67. The summed E-state index contributed by atoms with van der Waals surface area (Å²) in [5, 5.41) is 1.46. The molecule has 0 bridgehead atoms. The molecular weight excluding hydrogens is 494 g/mol. The number of piperidine rings is 1. The molecular formula is C26H24ClN7OS. The van der Waals surface area contributed by atoms with Gasteiger partial charge in [0.2, 0.25) is 5.95 Å². The van der Waals surface area contributed by atoms with Gasteiger partial charge in [0, 0.05) is 47.6 Å². The summed E-state index contributed by atoms with van der Waals surface area (Å²) < 4.78 is 0. The lowest BCUT2D eigenvalue weighted by molar-refractivity contribution is 0.0774. The average molecular weight is 518 g/mol. The second-order valence-electron chi connectivity index (χ2n) is 10.1. The highest BCUT2D eigenvalue weighted by atomic mass is 35.5. The molecule has 182 valence electrons. The van der Waals surface area contributed by atoms with Gasteiger partial charge in [-0.2, -0.15) is 4.98 Å². The molecule has 3 aliphatic rings. The van der Waals surface area contributed by atoms with Gasteiger partial charge in [-0.1, -0.05) is 23.4 Å². The fourth-order valence-electron chi connectivity index (χ4n) is 5.43. The van der Waals surface area contributed by atoms with Gasteiger partial charge < -0.3 is 9.88 Å². The minimum Gasteiger partial charge on any atom is -0.342 e. The summed E-state index contributed by atoms with van der Waals surface area (Å²) in [6.45, 7) is 1.51. The van der Waals surface area contributed by atoms with Crippen molar-refractivity contribution in [3.63, 3.8) is 0 Å². The number of fused-ring (bicyclic) bond motifs is 2. The van der Waals surface area contributed by atoms with Gasteiger partial charge in [-0.05, 0) is 62.1 Å². The van der Waals surface area contributed by atoms with Crippen molar-refractivity contribution in [1.82, 2.24) is 29.9 Å². The molecule has 1 saturated heterocycles. The second kappa shape index (κ2) is 8.52. The van der Waals surface area contributed by atoms with Crippen molar-refractivity contribution in [2.45, 2.75) is 48.4 Å². The van der Waals surface area contributed by atoms with Crippen molar-refractivity contribution in [3.8, 4) is 0 Å². The van der Waals surface area contributed by atoms with E-state index in [2.05, 4.69) is 29.8 Å². The Hall–Kier alpha value is -3.04. The van der Waals surface area contributed by atoms with Gasteiger partial charge in [-0.3, -0.25) is 14.8 Å². The number of nitrogens with one attached hydrogen (secondary N) is 1.